The van der Waals surface area contributed by atoms with E-state index in [9.17, 15) is 4.79 Å². The first kappa shape index (κ1) is 14.8. The summed E-state index contributed by atoms with van der Waals surface area (Å²) in [5.41, 5.74) is 0.456. The van der Waals surface area contributed by atoms with Crippen molar-refractivity contribution >= 4 is 5.91 Å². The van der Waals surface area contributed by atoms with Crippen molar-refractivity contribution in [3.8, 4) is 0 Å². The lowest BCUT2D eigenvalue weighted by molar-refractivity contribution is -0.136. The van der Waals surface area contributed by atoms with Crippen LogP contribution in [0.1, 0.15) is 40.0 Å². The second-order valence-corrected chi connectivity index (χ2v) is 6.18. The molecule has 0 radical (unpaired) electrons. The lowest BCUT2D eigenvalue weighted by Gasteiger charge is -2.34. The summed E-state index contributed by atoms with van der Waals surface area (Å²) in [7, 11) is 0. The van der Waals surface area contributed by atoms with Crippen molar-refractivity contribution in [3.63, 3.8) is 0 Å². The van der Waals surface area contributed by atoms with Crippen LogP contribution in [-0.2, 0) is 4.79 Å². The molecular weight excluding hydrogens is 238 g/mol. The third-order valence-corrected chi connectivity index (χ3v) is 5.30. The molecule has 0 saturated carbocycles. The molecule has 2 aliphatic heterocycles. The fraction of sp³-hybridized carbons (Fsp3) is 0.933. The van der Waals surface area contributed by atoms with Crippen LogP contribution in [0.3, 0.4) is 0 Å². The highest BCUT2D eigenvalue weighted by atomic mass is 16.2. The highest BCUT2D eigenvalue weighted by molar-refractivity contribution is 5.81. The van der Waals surface area contributed by atoms with Gasteiger partial charge in [0.2, 0.25) is 5.91 Å². The van der Waals surface area contributed by atoms with Crippen molar-refractivity contribution in [1.82, 2.24) is 15.1 Å². The molecular formula is C15H29N3O. The summed E-state index contributed by atoms with van der Waals surface area (Å²) in [5.74, 6) is 0.324. The van der Waals surface area contributed by atoms with Crippen LogP contribution in [-0.4, -0.2) is 61.0 Å². The fourth-order valence-corrected chi connectivity index (χ4v) is 3.43. The summed E-state index contributed by atoms with van der Waals surface area (Å²) in [6, 6.07) is 0.0538. The Bertz CT molecular complexity index is 309. The molecule has 110 valence electrons. The van der Waals surface area contributed by atoms with Crippen LogP contribution in [0.5, 0.6) is 0 Å². The molecule has 0 bridgehead atoms. The van der Waals surface area contributed by atoms with Gasteiger partial charge in [0.1, 0.15) is 0 Å². The number of hydrogen-bond acceptors (Lipinski definition) is 3. The Balaban J connectivity index is 1.93. The van der Waals surface area contributed by atoms with E-state index in [1.165, 1.54) is 19.3 Å². The van der Waals surface area contributed by atoms with Crippen molar-refractivity contribution in [2.75, 3.05) is 39.3 Å². The van der Waals surface area contributed by atoms with Crippen molar-refractivity contribution in [2.45, 2.75) is 46.1 Å². The first-order chi connectivity index (χ1) is 9.12. The molecule has 2 aliphatic rings. The van der Waals surface area contributed by atoms with Crippen molar-refractivity contribution in [3.05, 3.63) is 0 Å². The predicted molar refractivity (Wildman–Crippen MR) is 78.1 cm³/mol. The van der Waals surface area contributed by atoms with Gasteiger partial charge in [0.25, 0.3) is 0 Å². The average Bonchev–Trinajstić information content (AvgIpc) is 2.92. The number of rotatable bonds is 4. The number of amides is 1. The van der Waals surface area contributed by atoms with Gasteiger partial charge in [-0.2, -0.15) is 0 Å². The summed E-state index contributed by atoms with van der Waals surface area (Å²) < 4.78 is 0. The zero-order valence-electron chi connectivity index (χ0n) is 12.7. The molecule has 2 saturated heterocycles. The highest BCUT2D eigenvalue weighted by Gasteiger charge is 2.39. The van der Waals surface area contributed by atoms with E-state index in [0.717, 1.165) is 39.3 Å². The van der Waals surface area contributed by atoms with Crippen LogP contribution >= 0.6 is 0 Å². The Labute approximate surface area is 117 Å². The smallest absolute Gasteiger partial charge is 0.239 e. The third kappa shape index (κ3) is 3.11. The second-order valence-electron chi connectivity index (χ2n) is 6.18. The Hall–Kier alpha value is -0.610. The zero-order chi connectivity index (χ0) is 13.9. The molecule has 0 aromatic heterocycles. The predicted octanol–water partition coefficient (Wildman–Crippen LogP) is 1.32. The van der Waals surface area contributed by atoms with Gasteiger partial charge in [0.15, 0.2) is 0 Å². The maximum Gasteiger partial charge on any atom is 0.239 e. The van der Waals surface area contributed by atoms with E-state index < -0.39 is 0 Å². The van der Waals surface area contributed by atoms with E-state index >= 15 is 0 Å². The Morgan fingerprint density at radius 2 is 1.84 bits per heavy atom. The number of carbonyl (C=O) groups excluding carboxylic acids is 1. The molecule has 0 aliphatic carbocycles. The van der Waals surface area contributed by atoms with E-state index in [-0.39, 0.29) is 6.04 Å². The summed E-state index contributed by atoms with van der Waals surface area (Å²) in [4.78, 5) is 17.0. The first-order valence-corrected chi connectivity index (χ1v) is 7.85. The molecule has 0 aromatic carbocycles. The fourth-order valence-electron chi connectivity index (χ4n) is 3.43. The molecule has 1 N–H and O–H groups in total. The first-order valence-electron chi connectivity index (χ1n) is 7.85. The lowest BCUT2D eigenvalue weighted by atomic mass is 9.82. The molecule has 1 unspecified atom stereocenters. The lowest BCUT2D eigenvalue weighted by Crippen LogP contribution is -2.53. The van der Waals surface area contributed by atoms with Crippen LogP contribution in [0.4, 0.5) is 0 Å². The molecule has 4 heteroatoms. The van der Waals surface area contributed by atoms with Crippen molar-refractivity contribution in [2.24, 2.45) is 5.41 Å². The van der Waals surface area contributed by atoms with Gasteiger partial charge in [-0.25, -0.2) is 0 Å². The van der Waals surface area contributed by atoms with Crippen LogP contribution in [0, 0.1) is 5.41 Å². The normalized spacial score (nSPS) is 25.5. The summed E-state index contributed by atoms with van der Waals surface area (Å²) >= 11 is 0. The van der Waals surface area contributed by atoms with Crippen molar-refractivity contribution in [1.29, 1.82) is 0 Å². The minimum absolute atomic E-state index is 0.0538. The maximum atomic E-state index is 12.5. The quantitative estimate of drug-likeness (QED) is 0.834. The highest BCUT2D eigenvalue weighted by Crippen LogP contribution is 2.37. The monoisotopic (exact) mass is 267 g/mol. The molecule has 1 amide bonds. The Morgan fingerprint density at radius 1 is 1.21 bits per heavy atom. The Kier molecular flexibility index (Phi) is 4.85. The molecule has 2 heterocycles. The summed E-state index contributed by atoms with van der Waals surface area (Å²) in [6.07, 6.45) is 3.71. The van der Waals surface area contributed by atoms with Crippen LogP contribution in [0.15, 0.2) is 0 Å². The van der Waals surface area contributed by atoms with Gasteiger partial charge in [0.05, 0.1) is 6.04 Å². The van der Waals surface area contributed by atoms with Gasteiger partial charge < -0.3 is 10.2 Å². The SMILES string of the molecule is CCC1(CC)CCN(C(C)C(=O)N2CCNCC2)C1. The molecule has 2 rings (SSSR count). The van der Waals surface area contributed by atoms with E-state index in [2.05, 4.69) is 31.0 Å². The van der Waals surface area contributed by atoms with Gasteiger partial charge >= 0.3 is 0 Å². The zero-order valence-corrected chi connectivity index (χ0v) is 12.7. The molecule has 2 fully saturated rings. The summed E-state index contributed by atoms with van der Waals surface area (Å²) in [6.45, 7) is 12.4. The van der Waals surface area contributed by atoms with E-state index in [1.807, 2.05) is 4.90 Å². The van der Waals surface area contributed by atoms with Gasteiger partial charge in [-0.3, -0.25) is 9.69 Å². The van der Waals surface area contributed by atoms with Gasteiger partial charge in [-0.15, -0.1) is 0 Å². The molecule has 0 aromatic rings. The number of piperazine rings is 1. The van der Waals surface area contributed by atoms with E-state index in [0.29, 0.717) is 11.3 Å². The van der Waals surface area contributed by atoms with E-state index in [4.69, 9.17) is 0 Å². The standard InChI is InChI=1S/C15H29N3O/c1-4-15(5-2)6-9-18(12-15)13(3)14(19)17-10-7-16-8-11-17/h13,16H,4-12H2,1-3H3. The largest absolute Gasteiger partial charge is 0.339 e. The van der Waals surface area contributed by atoms with Crippen LogP contribution in [0.2, 0.25) is 0 Å². The van der Waals surface area contributed by atoms with Gasteiger partial charge in [-0.05, 0) is 38.1 Å². The summed E-state index contributed by atoms with van der Waals surface area (Å²) in [5, 5.41) is 3.30. The number of hydrogen-bond donors (Lipinski definition) is 1. The number of carbonyl (C=O) groups is 1. The molecule has 0 spiro atoms. The van der Waals surface area contributed by atoms with Crippen LogP contribution in [0.25, 0.3) is 0 Å². The third-order valence-electron chi connectivity index (χ3n) is 5.30. The Morgan fingerprint density at radius 3 is 2.37 bits per heavy atom. The average molecular weight is 267 g/mol. The van der Waals surface area contributed by atoms with Gasteiger partial charge in [0, 0.05) is 32.7 Å². The molecule has 4 nitrogen and oxygen atoms in total. The number of likely N-dealkylation sites (tertiary alicyclic amines) is 1. The van der Waals surface area contributed by atoms with Gasteiger partial charge in [-0.1, -0.05) is 13.8 Å². The van der Waals surface area contributed by atoms with Crippen LogP contribution < -0.4 is 5.32 Å². The van der Waals surface area contributed by atoms with Crippen molar-refractivity contribution < 1.29 is 4.79 Å². The molecule has 1 atom stereocenters. The van der Waals surface area contributed by atoms with E-state index in [1.54, 1.807) is 0 Å². The minimum atomic E-state index is 0.0538. The molecule has 19 heavy (non-hydrogen) atoms. The minimum Gasteiger partial charge on any atom is -0.339 e. The maximum absolute atomic E-state index is 12.5. The number of nitrogens with one attached hydrogen (secondary N) is 1. The number of nitrogens with zero attached hydrogens (tertiary/aromatic N) is 2. The second kappa shape index (κ2) is 6.23. The topological polar surface area (TPSA) is 35.6 Å².